The second-order valence-corrected chi connectivity index (χ2v) is 4.95. The van der Waals surface area contributed by atoms with Gasteiger partial charge in [-0.3, -0.25) is 0 Å². The minimum absolute atomic E-state index is 0.844. The molecule has 0 aliphatic rings. The molecule has 1 aromatic heterocycles. The molecule has 0 fully saturated rings. The van der Waals surface area contributed by atoms with Gasteiger partial charge in [-0.15, -0.1) is 0 Å². The summed E-state index contributed by atoms with van der Waals surface area (Å²) in [6.45, 7) is 2.18. The van der Waals surface area contributed by atoms with Crippen molar-refractivity contribution < 1.29 is 0 Å². The number of fused-ring (bicyclic) bond motifs is 1. The van der Waals surface area contributed by atoms with Crippen molar-refractivity contribution in [1.82, 2.24) is 4.57 Å². The Kier molecular flexibility index (Phi) is 2.91. The molecular weight excluding hydrogens is 204 g/mol. The summed E-state index contributed by atoms with van der Waals surface area (Å²) in [7, 11) is 2.08. The van der Waals surface area contributed by atoms with E-state index in [1.807, 2.05) is 17.8 Å². The molecule has 0 aliphatic carbocycles. The molecule has 15 heavy (non-hydrogen) atoms. The van der Waals surface area contributed by atoms with E-state index in [1.54, 1.807) is 0 Å². The fourth-order valence-corrected chi connectivity index (χ4v) is 2.47. The van der Waals surface area contributed by atoms with E-state index in [-0.39, 0.29) is 0 Å². The Morgan fingerprint density at radius 2 is 2.20 bits per heavy atom. The lowest BCUT2D eigenvalue weighted by atomic mass is 10.2. The van der Waals surface area contributed by atoms with Crippen LogP contribution in [-0.4, -0.2) is 10.3 Å². The lowest BCUT2D eigenvalue weighted by Crippen LogP contribution is -1.86. The molecule has 0 aliphatic heterocycles. The lowest BCUT2D eigenvalue weighted by molar-refractivity contribution is 0.963. The van der Waals surface area contributed by atoms with Crippen molar-refractivity contribution in [2.24, 2.45) is 7.05 Å². The van der Waals surface area contributed by atoms with Crippen LogP contribution in [0.4, 0.5) is 5.69 Å². The maximum atomic E-state index is 5.81. The van der Waals surface area contributed by atoms with E-state index in [4.69, 9.17) is 5.73 Å². The molecule has 1 heterocycles. The molecule has 3 heteroatoms. The van der Waals surface area contributed by atoms with Gasteiger partial charge >= 0.3 is 0 Å². The van der Waals surface area contributed by atoms with E-state index in [1.165, 1.54) is 16.5 Å². The zero-order chi connectivity index (χ0) is 10.8. The number of aryl methyl sites for hydroxylation is 1. The summed E-state index contributed by atoms with van der Waals surface area (Å²) in [5.74, 6) is 2.22. The average Bonchev–Trinajstić information content (AvgIpc) is 2.52. The summed E-state index contributed by atoms with van der Waals surface area (Å²) in [4.78, 5) is 0. The van der Waals surface area contributed by atoms with E-state index in [0.29, 0.717) is 0 Å². The van der Waals surface area contributed by atoms with Gasteiger partial charge in [-0.2, -0.15) is 11.8 Å². The first-order valence-electron chi connectivity index (χ1n) is 5.13. The van der Waals surface area contributed by atoms with Crippen molar-refractivity contribution in [3.8, 4) is 0 Å². The number of benzene rings is 1. The molecule has 2 nitrogen and oxygen atoms in total. The molecule has 0 atom stereocenters. The smallest absolute Gasteiger partial charge is 0.0482 e. The predicted molar refractivity (Wildman–Crippen MR) is 69.2 cm³/mol. The van der Waals surface area contributed by atoms with Gasteiger partial charge in [-0.1, -0.05) is 6.92 Å². The normalized spacial score (nSPS) is 11.1. The number of nitrogens with zero attached hydrogens (tertiary/aromatic N) is 1. The molecule has 2 rings (SSSR count). The highest BCUT2D eigenvalue weighted by Crippen LogP contribution is 2.26. The summed E-state index contributed by atoms with van der Waals surface area (Å²) >= 11 is 1.94. The fourth-order valence-electron chi connectivity index (χ4n) is 1.82. The van der Waals surface area contributed by atoms with Gasteiger partial charge in [0.05, 0.1) is 0 Å². The lowest BCUT2D eigenvalue weighted by Gasteiger charge is -1.98. The van der Waals surface area contributed by atoms with Gasteiger partial charge in [0.25, 0.3) is 0 Å². The molecule has 2 aromatic rings. The Bertz CT molecular complexity index is 474. The van der Waals surface area contributed by atoms with E-state index in [0.717, 1.165) is 17.2 Å². The first-order valence-corrected chi connectivity index (χ1v) is 6.29. The maximum absolute atomic E-state index is 5.81. The molecule has 1 aromatic carbocycles. The van der Waals surface area contributed by atoms with Gasteiger partial charge < -0.3 is 10.3 Å². The second kappa shape index (κ2) is 4.19. The first-order chi connectivity index (χ1) is 7.22. The number of nitrogen functional groups attached to an aromatic ring is 1. The van der Waals surface area contributed by atoms with Crippen LogP contribution in [0.3, 0.4) is 0 Å². The number of thioether (sulfide) groups is 1. The predicted octanol–water partition coefficient (Wildman–Crippen LogP) is 3.01. The third-order valence-electron chi connectivity index (χ3n) is 2.56. The SMILES string of the molecule is CCSCc1cn(C)c2ccc(N)cc12. The van der Waals surface area contributed by atoms with Crippen molar-refractivity contribution in [2.45, 2.75) is 12.7 Å². The van der Waals surface area contributed by atoms with Crippen molar-refractivity contribution >= 4 is 28.4 Å². The summed E-state index contributed by atoms with van der Waals surface area (Å²) in [5.41, 5.74) is 9.30. The zero-order valence-corrected chi connectivity index (χ0v) is 9.97. The third kappa shape index (κ3) is 1.97. The Hall–Kier alpha value is -1.09. The minimum atomic E-state index is 0.844. The highest BCUT2D eigenvalue weighted by atomic mass is 32.2. The molecule has 0 unspecified atom stereocenters. The maximum Gasteiger partial charge on any atom is 0.0482 e. The van der Waals surface area contributed by atoms with Crippen molar-refractivity contribution in [3.63, 3.8) is 0 Å². The van der Waals surface area contributed by atoms with E-state index < -0.39 is 0 Å². The monoisotopic (exact) mass is 220 g/mol. The van der Waals surface area contributed by atoms with Crippen molar-refractivity contribution in [2.75, 3.05) is 11.5 Å². The second-order valence-electron chi connectivity index (χ2n) is 3.68. The zero-order valence-electron chi connectivity index (χ0n) is 9.16. The van der Waals surface area contributed by atoms with E-state index in [9.17, 15) is 0 Å². The Balaban J connectivity index is 2.49. The third-order valence-corrected chi connectivity index (χ3v) is 3.48. The number of nitrogens with two attached hydrogens (primary N) is 1. The number of anilines is 1. The Morgan fingerprint density at radius 1 is 1.40 bits per heavy atom. The highest BCUT2D eigenvalue weighted by Gasteiger charge is 2.06. The van der Waals surface area contributed by atoms with Crippen molar-refractivity contribution in [1.29, 1.82) is 0 Å². The fraction of sp³-hybridized carbons (Fsp3) is 0.333. The Labute approximate surface area is 94.5 Å². The minimum Gasteiger partial charge on any atom is -0.399 e. The molecule has 2 N–H and O–H groups in total. The molecule has 0 bridgehead atoms. The van der Waals surface area contributed by atoms with Crippen molar-refractivity contribution in [3.05, 3.63) is 30.0 Å². The summed E-state index contributed by atoms with van der Waals surface area (Å²) in [5, 5.41) is 1.29. The molecule has 0 amide bonds. The summed E-state index contributed by atoms with van der Waals surface area (Å²) in [6, 6.07) is 6.12. The quantitative estimate of drug-likeness (QED) is 0.806. The topological polar surface area (TPSA) is 30.9 Å². The van der Waals surface area contributed by atoms with Crippen LogP contribution < -0.4 is 5.73 Å². The van der Waals surface area contributed by atoms with Gasteiger partial charge in [0, 0.05) is 35.6 Å². The van der Waals surface area contributed by atoms with Crippen LogP contribution in [0.2, 0.25) is 0 Å². The molecule has 0 saturated heterocycles. The van der Waals surface area contributed by atoms with Gasteiger partial charge in [-0.25, -0.2) is 0 Å². The largest absolute Gasteiger partial charge is 0.399 e. The van der Waals surface area contributed by atoms with Crippen LogP contribution in [-0.2, 0) is 12.8 Å². The standard InChI is InChI=1S/C12H16N2S/c1-3-15-8-9-7-14(2)12-5-4-10(13)6-11(9)12/h4-7H,3,8,13H2,1-2H3. The Morgan fingerprint density at radius 3 is 2.93 bits per heavy atom. The van der Waals surface area contributed by atoms with Crippen LogP contribution in [0.15, 0.2) is 24.4 Å². The molecule has 0 saturated carbocycles. The van der Waals surface area contributed by atoms with Gasteiger partial charge in [0.1, 0.15) is 0 Å². The molecular formula is C12H16N2S. The summed E-state index contributed by atoms with van der Waals surface area (Å²) < 4.78 is 2.17. The van der Waals surface area contributed by atoms with E-state index >= 15 is 0 Å². The first kappa shape index (κ1) is 10.4. The number of hydrogen-bond acceptors (Lipinski definition) is 2. The van der Waals surface area contributed by atoms with Crippen LogP contribution in [0.5, 0.6) is 0 Å². The molecule has 80 valence electrons. The van der Waals surface area contributed by atoms with Gasteiger partial charge in [0.2, 0.25) is 0 Å². The number of aromatic nitrogens is 1. The van der Waals surface area contributed by atoms with Gasteiger partial charge in [0.15, 0.2) is 0 Å². The van der Waals surface area contributed by atoms with Gasteiger partial charge in [-0.05, 0) is 29.5 Å². The summed E-state index contributed by atoms with van der Waals surface area (Å²) in [6.07, 6.45) is 2.20. The number of hydrogen-bond donors (Lipinski definition) is 1. The van der Waals surface area contributed by atoms with Crippen LogP contribution in [0, 0.1) is 0 Å². The number of rotatable bonds is 3. The van der Waals surface area contributed by atoms with Crippen LogP contribution in [0.1, 0.15) is 12.5 Å². The van der Waals surface area contributed by atoms with Crippen LogP contribution >= 0.6 is 11.8 Å². The van der Waals surface area contributed by atoms with E-state index in [2.05, 4.69) is 36.9 Å². The van der Waals surface area contributed by atoms with Crippen LogP contribution in [0.25, 0.3) is 10.9 Å². The average molecular weight is 220 g/mol. The highest BCUT2D eigenvalue weighted by molar-refractivity contribution is 7.98. The molecule has 0 radical (unpaired) electrons. The molecule has 0 spiro atoms.